The minimum atomic E-state index is -0.212. The molecule has 0 aliphatic heterocycles. The molecule has 2 aromatic carbocycles. The Balaban J connectivity index is 1.52. The Kier molecular flexibility index (Phi) is 6.67. The Hall–Kier alpha value is -2.84. The highest BCUT2D eigenvalue weighted by Crippen LogP contribution is 2.17. The Bertz CT molecular complexity index is 960. The second-order valence-corrected chi connectivity index (χ2v) is 7.27. The number of amides is 2. The summed E-state index contributed by atoms with van der Waals surface area (Å²) in [5.74, 6) is 0.354. The second-order valence-electron chi connectivity index (χ2n) is 5.89. The van der Waals surface area contributed by atoms with Crippen LogP contribution < -0.4 is 10.6 Å². The van der Waals surface area contributed by atoms with Crippen LogP contribution in [-0.4, -0.2) is 32.3 Å². The van der Waals surface area contributed by atoms with Gasteiger partial charge in [-0.2, -0.15) is 0 Å². The van der Waals surface area contributed by atoms with Crippen LogP contribution in [0.4, 0.5) is 11.4 Å². The van der Waals surface area contributed by atoms with Crippen molar-refractivity contribution in [1.82, 2.24) is 14.8 Å². The first-order valence-corrected chi connectivity index (χ1v) is 9.79. The molecule has 9 heteroatoms. The van der Waals surface area contributed by atoms with Crippen LogP contribution in [0, 0.1) is 0 Å². The van der Waals surface area contributed by atoms with Crippen LogP contribution in [0.25, 0.3) is 0 Å². The number of nitrogens with one attached hydrogen (secondary N) is 2. The summed E-state index contributed by atoms with van der Waals surface area (Å²) in [7, 11) is 1.77. The van der Waals surface area contributed by atoms with Gasteiger partial charge in [0.1, 0.15) is 5.82 Å². The molecule has 7 nitrogen and oxygen atoms in total. The number of anilines is 2. The highest BCUT2D eigenvalue weighted by molar-refractivity contribution is 7.99. The van der Waals surface area contributed by atoms with Crippen molar-refractivity contribution in [2.45, 2.75) is 11.6 Å². The van der Waals surface area contributed by atoms with Crippen molar-refractivity contribution in [3.63, 3.8) is 0 Å². The van der Waals surface area contributed by atoms with Crippen molar-refractivity contribution < 1.29 is 9.59 Å². The number of benzene rings is 2. The molecule has 0 radical (unpaired) electrons. The lowest BCUT2D eigenvalue weighted by Gasteiger charge is -2.06. The average molecular weight is 416 g/mol. The summed E-state index contributed by atoms with van der Waals surface area (Å²) in [5, 5.41) is 14.9. The number of hydrogen-bond acceptors (Lipinski definition) is 5. The number of aromatic nitrogens is 3. The van der Waals surface area contributed by atoms with Gasteiger partial charge < -0.3 is 15.2 Å². The normalized spacial score (nSPS) is 10.5. The number of carbonyl (C=O) groups is 2. The van der Waals surface area contributed by atoms with Gasteiger partial charge in [0.15, 0.2) is 5.16 Å². The van der Waals surface area contributed by atoms with Gasteiger partial charge >= 0.3 is 0 Å². The molecule has 0 saturated carbocycles. The maximum absolute atomic E-state index is 12.2. The van der Waals surface area contributed by atoms with Gasteiger partial charge in [0.25, 0.3) is 0 Å². The molecule has 1 aromatic heterocycles. The third-order valence-corrected chi connectivity index (χ3v) is 5.03. The molecular weight excluding hydrogens is 398 g/mol. The number of para-hydroxylation sites is 1. The predicted octanol–water partition coefficient (Wildman–Crippen LogP) is 3.38. The molecule has 0 unspecified atom stereocenters. The zero-order valence-corrected chi connectivity index (χ0v) is 16.6. The van der Waals surface area contributed by atoms with Crippen molar-refractivity contribution in [2.24, 2.45) is 7.05 Å². The smallest absolute Gasteiger partial charge is 0.234 e. The molecule has 0 spiro atoms. The fraction of sp³-hybridized carbons (Fsp3) is 0.158. The summed E-state index contributed by atoms with van der Waals surface area (Å²) in [4.78, 5) is 24.2. The molecule has 0 fully saturated rings. The predicted molar refractivity (Wildman–Crippen MR) is 111 cm³/mol. The molecule has 0 bridgehead atoms. The van der Waals surface area contributed by atoms with E-state index in [1.54, 1.807) is 35.9 Å². The molecule has 3 rings (SSSR count). The lowest BCUT2D eigenvalue weighted by Crippen LogP contribution is -2.17. The van der Waals surface area contributed by atoms with Crippen LogP contribution in [0.3, 0.4) is 0 Å². The van der Waals surface area contributed by atoms with E-state index in [0.717, 1.165) is 5.69 Å². The van der Waals surface area contributed by atoms with E-state index < -0.39 is 0 Å². The fourth-order valence-electron chi connectivity index (χ4n) is 2.36. The Morgan fingerprint density at radius 3 is 2.32 bits per heavy atom. The minimum Gasteiger partial charge on any atom is -0.326 e. The molecule has 144 valence electrons. The molecule has 0 atom stereocenters. The Morgan fingerprint density at radius 1 is 0.964 bits per heavy atom. The molecule has 0 aliphatic carbocycles. The molecule has 1 heterocycles. The highest BCUT2D eigenvalue weighted by atomic mass is 35.5. The van der Waals surface area contributed by atoms with E-state index >= 15 is 0 Å². The third kappa shape index (κ3) is 5.58. The number of thioether (sulfide) groups is 1. The zero-order valence-electron chi connectivity index (χ0n) is 15.1. The van der Waals surface area contributed by atoms with Gasteiger partial charge in [-0.3, -0.25) is 9.59 Å². The number of carbonyl (C=O) groups excluding carboxylic acids is 2. The van der Waals surface area contributed by atoms with E-state index in [1.165, 1.54) is 11.8 Å². The number of rotatable bonds is 7. The lowest BCUT2D eigenvalue weighted by atomic mass is 10.3. The summed E-state index contributed by atoms with van der Waals surface area (Å²) in [6, 6.07) is 16.1. The fourth-order valence-corrected chi connectivity index (χ4v) is 3.21. The lowest BCUT2D eigenvalue weighted by molar-refractivity contribution is -0.116. The van der Waals surface area contributed by atoms with Gasteiger partial charge in [-0.1, -0.05) is 41.6 Å². The zero-order chi connectivity index (χ0) is 19.9. The second kappa shape index (κ2) is 9.38. The summed E-state index contributed by atoms with van der Waals surface area (Å²) < 4.78 is 1.71. The van der Waals surface area contributed by atoms with Gasteiger partial charge in [0.2, 0.25) is 11.8 Å². The topological polar surface area (TPSA) is 88.9 Å². The first kappa shape index (κ1) is 19.9. The summed E-state index contributed by atoms with van der Waals surface area (Å²) in [5.41, 5.74) is 1.40. The van der Waals surface area contributed by atoms with E-state index in [4.69, 9.17) is 11.6 Å². The Labute approximate surface area is 171 Å². The van der Waals surface area contributed by atoms with Crippen LogP contribution in [0.5, 0.6) is 0 Å². The van der Waals surface area contributed by atoms with E-state index in [2.05, 4.69) is 20.8 Å². The number of nitrogens with zero attached hydrogens (tertiary/aromatic N) is 3. The highest BCUT2D eigenvalue weighted by Gasteiger charge is 2.14. The summed E-state index contributed by atoms with van der Waals surface area (Å²) in [6.45, 7) is 0. The average Bonchev–Trinajstić information content (AvgIpc) is 3.02. The van der Waals surface area contributed by atoms with E-state index in [9.17, 15) is 9.59 Å². The van der Waals surface area contributed by atoms with Gasteiger partial charge in [-0.25, -0.2) is 0 Å². The molecule has 0 saturated heterocycles. The van der Waals surface area contributed by atoms with E-state index in [1.807, 2.05) is 30.3 Å². The quantitative estimate of drug-likeness (QED) is 0.577. The van der Waals surface area contributed by atoms with Crippen molar-refractivity contribution in [3.05, 3.63) is 65.4 Å². The minimum absolute atomic E-state index is 0.0723. The summed E-state index contributed by atoms with van der Waals surface area (Å²) in [6.07, 6.45) is 0.0723. The van der Waals surface area contributed by atoms with Gasteiger partial charge in [-0.15, -0.1) is 10.2 Å². The maximum atomic E-state index is 12.2. The maximum Gasteiger partial charge on any atom is 0.234 e. The van der Waals surface area contributed by atoms with E-state index in [0.29, 0.717) is 21.7 Å². The standard InChI is InChI=1S/C19H18ClN5O2S/c1-25-16(11-17(26)21-15-9-7-13(20)8-10-15)23-24-19(25)28-12-18(27)22-14-5-3-2-4-6-14/h2-10H,11-12H2,1H3,(H,21,26)(H,22,27). The molecule has 3 aromatic rings. The Morgan fingerprint density at radius 2 is 1.61 bits per heavy atom. The monoisotopic (exact) mass is 415 g/mol. The van der Waals surface area contributed by atoms with Gasteiger partial charge in [0, 0.05) is 23.4 Å². The van der Waals surface area contributed by atoms with E-state index in [-0.39, 0.29) is 24.0 Å². The molecule has 0 aliphatic rings. The van der Waals surface area contributed by atoms with Crippen LogP contribution >= 0.6 is 23.4 Å². The van der Waals surface area contributed by atoms with Crippen molar-refractivity contribution in [3.8, 4) is 0 Å². The van der Waals surface area contributed by atoms with Crippen molar-refractivity contribution in [1.29, 1.82) is 0 Å². The van der Waals surface area contributed by atoms with Gasteiger partial charge in [-0.05, 0) is 36.4 Å². The molecule has 2 N–H and O–H groups in total. The largest absolute Gasteiger partial charge is 0.326 e. The summed E-state index contributed by atoms with van der Waals surface area (Å²) >= 11 is 7.09. The van der Waals surface area contributed by atoms with Crippen LogP contribution in [0.1, 0.15) is 5.82 Å². The van der Waals surface area contributed by atoms with Crippen molar-refractivity contribution >= 4 is 46.6 Å². The number of hydrogen-bond donors (Lipinski definition) is 2. The SMILES string of the molecule is Cn1c(CC(=O)Nc2ccc(Cl)cc2)nnc1SCC(=O)Nc1ccccc1. The first-order valence-electron chi connectivity index (χ1n) is 8.42. The van der Waals surface area contributed by atoms with Gasteiger partial charge in [0.05, 0.1) is 12.2 Å². The van der Waals surface area contributed by atoms with Crippen LogP contribution in [0.2, 0.25) is 5.02 Å². The third-order valence-electron chi connectivity index (χ3n) is 3.76. The van der Waals surface area contributed by atoms with Crippen LogP contribution in [0.15, 0.2) is 59.8 Å². The van der Waals surface area contributed by atoms with Crippen molar-refractivity contribution in [2.75, 3.05) is 16.4 Å². The molecule has 28 heavy (non-hydrogen) atoms. The molecular formula is C19H18ClN5O2S. The first-order chi connectivity index (χ1) is 13.5. The van der Waals surface area contributed by atoms with Crippen LogP contribution in [-0.2, 0) is 23.1 Å². The molecule has 2 amide bonds. The number of halogens is 1.